The standard InChI is InChI=1S/C11H17N7O/c1-4-12-9-14-10(16-11(15-9)19-5-2)13-8-6-7-18(3)17-8/h6-7H,4-5H2,1-3H3,(H2,12,13,14,15,16,17). The highest BCUT2D eigenvalue weighted by Gasteiger charge is 2.08. The van der Waals surface area contributed by atoms with Gasteiger partial charge in [-0.3, -0.25) is 4.68 Å². The summed E-state index contributed by atoms with van der Waals surface area (Å²) in [6.45, 7) is 5.07. The van der Waals surface area contributed by atoms with Crippen molar-refractivity contribution in [1.82, 2.24) is 24.7 Å². The number of hydrogen-bond donors (Lipinski definition) is 2. The van der Waals surface area contributed by atoms with E-state index < -0.39 is 0 Å². The van der Waals surface area contributed by atoms with Crippen LogP contribution in [0.4, 0.5) is 17.7 Å². The molecule has 0 fully saturated rings. The van der Waals surface area contributed by atoms with Crippen molar-refractivity contribution in [3.63, 3.8) is 0 Å². The molecule has 102 valence electrons. The molecule has 19 heavy (non-hydrogen) atoms. The molecule has 2 N–H and O–H groups in total. The predicted molar refractivity (Wildman–Crippen MR) is 71.7 cm³/mol. The van der Waals surface area contributed by atoms with E-state index in [1.54, 1.807) is 4.68 Å². The highest BCUT2D eigenvalue weighted by Crippen LogP contribution is 2.14. The molecular formula is C11H17N7O. The van der Waals surface area contributed by atoms with Gasteiger partial charge in [-0.05, 0) is 13.8 Å². The number of rotatable bonds is 6. The van der Waals surface area contributed by atoms with Crippen molar-refractivity contribution in [2.45, 2.75) is 13.8 Å². The van der Waals surface area contributed by atoms with Crippen molar-refractivity contribution in [3.05, 3.63) is 12.3 Å². The lowest BCUT2D eigenvalue weighted by Gasteiger charge is -2.07. The Labute approximate surface area is 111 Å². The molecule has 0 aromatic carbocycles. The Kier molecular flexibility index (Phi) is 4.11. The summed E-state index contributed by atoms with van der Waals surface area (Å²) in [5.41, 5.74) is 0. The van der Waals surface area contributed by atoms with Gasteiger partial charge >= 0.3 is 6.01 Å². The van der Waals surface area contributed by atoms with Gasteiger partial charge in [0.05, 0.1) is 6.61 Å². The predicted octanol–water partition coefficient (Wildman–Crippen LogP) is 1.18. The second kappa shape index (κ2) is 5.98. The Bertz CT molecular complexity index is 515. The van der Waals surface area contributed by atoms with Crippen LogP contribution in [0.3, 0.4) is 0 Å². The van der Waals surface area contributed by atoms with Crippen LogP contribution in [-0.4, -0.2) is 37.9 Å². The van der Waals surface area contributed by atoms with E-state index in [1.807, 2.05) is 33.2 Å². The van der Waals surface area contributed by atoms with Crippen molar-refractivity contribution in [1.29, 1.82) is 0 Å². The summed E-state index contributed by atoms with van der Waals surface area (Å²) in [6.07, 6.45) is 1.83. The molecule has 2 heterocycles. The lowest BCUT2D eigenvalue weighted by Crippen LogP contribution is -2.09. The molecule has 2 rings (SSSR count). The Balaban J connectivity index is 2.22. The Hall–Kier alpha value is -2.38. The molecule has 0 aliphatic rings. The summed E-state index contributed by atoms with van der Waals surface area (Å²) in [4.78, 5) is 12.5. The zero-order valence-corrected chi connectivity index (χ0v) is 11.2. The zero-order valence-electron chi connectivity index (χ0n) is 11.2. The van der Waals surface area contributed by atoms with Crippen molar-refractivity contribution in [2.24, 2.45) is 7.05 Å². The molecule has 2 aromatic rings. The topological polar surface area (TPSA) is 89.8 Å². The lowest BCUT2D eigenvalue weighted by atomic mass is 10.6. The molecule has 8 heteroatoms. The van der Waals surface area contributed by atoms with Crippen LogP contribution in [0.5, 0.6) is 6.01 Å². The van der Waals surface area contributed by atoms with Gasteiger partial charge in [0.1, 0.15) is 0 Å². The molecule has 0 aliphatic heterocycles. The highest BCUT2D eigenvalue weighted by molar-refractivity contribution is 5.48. The number of nitrogens with one attached hydrogen (secondary N) is 2. The average molecular weight is 263 g/mol. The molecule has 0 radical (unpaired) electrons. The Morgan fingerprint density at radius 2 is 2.00 bits per heavy atom. The third-order valence-corrected chi connectivity index (χ3v) is 2.18. The van der Waals surface area contributed by atoms with E-state index in [9.17, 15) is 0 Å². The molecule has 8 nitrogen and oxygen atoms in total. The van der Waals surface area contributed by atoms with Gasteiger partial charge in [0, 0.05) is 25.9 Å². The maximum Gasteiger partial charge on any atom is 0.323 e. The lowest BCUT2D eigenvalue weighted by molar-refractivity contribution is 0.312. The number of aromatic nitrogens is 5. The van der Waals surface area contributed by atoms with Crippen LogP contribution in [0.15, 0.2) is 12.3 Å². The van der Waals surface area contributed by atoms with Crippen molar-refractivity contribution in [3.8, 4) is 6.01 Å². The molecule has 0 spiro atoms. The second-order valence-electron chi connectivity index (χ2n) is 3.73. The van der Waals surface area contributed by atoms with E-state index in [0.717, 1.165) is 6.54 Å². The fraction of sp³-hybridized carbons (Fsp3) is 0.455. The maximum absolute atomic E-state index is 5.31. The first-order valence-electron chi connectivity index (χ1n) is 6.10. The highest BCUT2D eigenvalue weighted by atomic mass is 16.5. The van der Waals surface area contributed by atoms with Crippen LogP contribution >= 0.6 is 0 Å². The van der Waals surface area contributed by atoms with Crippen molar-refractivity contribution >= 4 is 17.7 Å². The first-order valence-corrected chi connectivity index (χ1v) is 6.10. The summed E-state index contributed by atoms with van der Waals surface area (Å²) in [5, 5.41) is 10.2. The van der Waals surface area contributed by atoms with E-state index in [-0.39, 0.29) is 6.01 Å². The maximum atomic E-state index is 5.31. The van der Waals surface area contributed by atoms with Crippen LogP contribution in [0.1, 0.15) is 13.8 Å². The molecule has 0 saturated carbocycles. The van der Waals surface area contributed by atoms with Gasteiger partial charge in [-0.15, -0.1) is 0 Å². The van der Waals surface area contributed by atoms with E-state index in [2.05, 4.69) is 30.7 Å². The Morgan fingerprint density at radius 3 is 2.63 bits per heavy atom. The van der Waals surface area contributed by atoms with Gasteiger partial charge in [0.2, 0.25) is 11.9 Å². The summed E-state index contributed by atoms with van der Waals surface area (Å²) in [6, 6.07) is 2.11. The van der Waals surface area contributed by atoms with Crippen molar-refractivity contribution < 1.29 is 4.74 Å². The summed E-state index contributed by atoms with van der Waals surface area (Å²) in [7, 11) is 1.84. The monoisotopic (exact) mass is 263 g/mol. The third kappa shape index (κ3) is 3.54. The molecule has 0 saturated heterocycles. The second-order valence-corrected chi connectivity index (χ2v) is 3.73. The fourth-order valence-electron chi connectivity index (χ4n) is 1.44. The average Bonchev–Trinajstić information content (AvgIpc) is 2.75. The quantitative estimate of drug-likeness (QED) is 0.808. The molecule has 0 amide bonds. The smallest absolute Gasteiger partial charge is 0.323 e. The van der Waals surface area contributed by atoms with E-state index in [0.29, 0.717) is 24.3 Å². The van der Waals surface area contributed by atoms with Crippen LogP contribution in [-0.2, 0) is 7.05 Å². The van der Waals surface area contributed by atoms with Crippen LogP contribution in [0.2, 0.25) is 0 Å². The van der Waals surface area contributed by atoms with E-state index in [4.69, 9.17) is 4.74 Å². The SMILES string of the molecule is CCNc1nc(Nc2ccn(C)n2)nc(OCC)n1. The zero-order chi connectivity index (χ0) is 13.7. The first-order chi connectivity index (χ1) is 9.21. The van der Waals surface area contributed by atoms with E-state index >= 15 is 0 Å². The molecule has 0 unspecified atom stereocenters. The minimum Gasteiger partial charge on any atom is -0.464 e. The summed E-state index contributed by atoms with van der Waals surface area (Å²) in [5.74, 6) is 1.53. The summed E-state index contributed by atoms with van der Waals surface area (Å²) >= 11 is 0. The molecule has 0 bridgehead atoms. The number of hydrogen-bond acceptors (Lipinski definition) is 7. The minimum atomic E-state index is 0.284. The Morgan fingerprint density at radius 1 is 1.21 bits per heavy atom. The van der Waals surface area contributed by atoms with Gasteiger partial charge < -0.3 is 15.4 Å². The minimum absolute atomic E-state index is 0.284. The van der Waals surface area contributed by atoms with Crippen LogP contribution in [0.25, 0.3) is 0 Å². The molecule has 0 aliphatic carbocycles. The third-order valence-electron chi connectivity index (χ3n) is 2.18. The number of aryl methyl sites for hydroxylation is 1. The number of nitrogens with zero attached hydrogens (tertiary/aromatic N) is 5. The number of anilines is 3. The number of ether oxygens (including phenoxy) is 1. The van der Waals surface area contributed by atoms with Gasteiger partial charge in [0.15, 0.2) is 5.82 Å². The van der Waals surface area contributed by atoms with Crippen molar-refractivity contribution in [2.75, 3.05) is 23.8 Å². The normalized spacial score (nSPS) is 10.3. The van der Waals surface area contributed by atoms with Crippen LogP contribution < -0.4 is 15.4 Å². The van der Waals surface area contributed by atoms with Gasteiger partial charge in [0.25, 0.3) is 0 Å². The van der Waals surface area contributed by atoms with E-state index in [1.165, 1.54) is 0 Å². The first kappa shape index (κ1) is 13.1. The van der Waals surface area contributed by atoms with Crippen LogP contribution in [0, 0.1) is 0 Å². The fourth-order valence-corrected chi connectivity index (χ4v) is 1.44. The van der Waals surface area contributed by atoms with Gasteiger partial charge in [-0.2, -0.15) is 20.1 Å². The summed E-state index contributed by atoms with van der Waals surface area (Å²) < 4.78 is 7.00. The molecule has 2 aromatic heterocycles. The molecular weight excluding hydrogens is 246 g/mol. The largest absolute Gasteiger partial charge is 0.464 e. The molecule has 0 atom stereocenters. The van der Waals surface area contributed by atoms with Gasteiger partial charge in [-0.25, -0.2) is 0 Å². The van der Waals surface area contributed by atoms with Gasteiger partial charge in [-0.1, -0.05) is 0 Å².